The normalized spacial score (nSPS) is 10.8. The number of thiophene rings is 2. The van der Waals surface area contributed by atoms with Gasteiger partial charge in [-0.2, -0.15) is 5.10 Å². The van der Waals surface area contributed by atoms with Crippen LogP contribution >= 0.6 is 38.6 Å². The molecule has 3 rings (SSSR count). The number of hydrogen-bond donors (Lipinski definition) is 2. The molecule has 0 fully saturated rings. The summed E-state index contributed by atoms with van der Waals surface area (Å²) in [6.45, 7) is 0.481. The molecular formula is C12H9BrN4OS2. The standard InChI is InChI=1S/C12H9BrN4OS2/c13-6-3-7(19-5-6)4-15-11(18)10-9(14)8-1-2-16-17-12(8)20-10/h1-3,5H,4,14H2,(H,15,18). The summed E-state index contributed by atoms with van der Waals surface area (Å²) in [5.41, 5.74) is 6.45. The monoisotopic (exact) mass is 368 g/mol. The Bertz CT molecular complexity index is 783. The van der Waals surface area contributed by atoms with Gasteiger partial charge in [-0.15, -0.1) is 27.8 Å². The van der Waals surface area contributed by atoms with E-state index >= 15 is 0 Å². The van der Waals surface area contributed by atoms with Gasteiger partial charge >= 0.3 is 0 Å². The van der Waals surface area contributed by atoms with Crippen LogP contribution in [0.3, 0.4) is 0 Å². The summed E-state index contributed by atoms with van der Waals surface area (Å²) in [7, 11) is 0. The zero-order valence-electron chi connectivity index (χ0n) is 10.1. The summed E-state index contributed by atoms with van der Waals surface area (Å²) in [6.07, 6.45) is 1.57. The van der Waals surface area contributed by atoms with Crippen LogP contribution in [-0.4, -0.2) is 16.1 Å². The molecule has 0 radical (unpaired) electrons. The number of aromatic nitrogens is 2. The zero-order valence-corrected chi connectivity index (χ0v) is 13.3. The third-order valence-corrected chi connectivity index (χ3v) is 5.47. The number of hydrogen-bond acceptors (Lipinski definition) is 6. The topological polar surface area (TPSA) is 80.9 Å². The number of anilines is 1. The molecule has 8 heteroatoms. The van der Waals surface area contributed by atoms with Gasteiger partial charge in [-0.3, -0.25) is 4.79 Å². The van der Waals surface area contributed by atoms with E-state index in [1.165, 1.54) is 11.3 Å². The second kappa shape index (κ2) is 5.47. The van der Waals surface area contributed by atoms with Gasteiger partial charge in [-0.25, -0.2) is 0 Å². The molecule has 0 aromatic carbocycles. The lowest BCUT2D eigenvalue weighted by Crippen LogP contribution is -2.22. The maximum atomic E-state index is 12.2. The molecule has 102 valence electrons. The summed E-state index contributed by atoms with van der Waals surface area (Å²) in [5.74, 6) is -0.185. The molecule has 0 aliphatic carbocycles. The first-order valence-electron chi connectivity index (χ1n) is 5.66. The minimum atomic E-state index is -0.185. The van der Waals surface area contributed by atoms with Gasteiger partial charge in [0.1, 0.15) is 9.71 Å². The van der Waals surface area contributed by atoms with Crippen LogP contribution in [0.2, 0.25) is 0 Å². The van der Waals surface area contributed by atoms with Crippen LogP contribution in [0.25, 0.3) is 10.2 Å². The molecule has 0 unspecified atom stereocenters. The van der Waals surface area contributed by atoms with E-state index in [-0.39, 0.29) is 5.91 Å². The molecule has 5 nitrogen and oxygen atoms in total. The predicted octanol–water partition coefficient (Wildman–Crippen LogP) is 3.03. The molecule has 0 saturated heterocycles. The minimum absolute atomic E-state index is 0.185. The van der Waals surface area contributed by atoms with Crippen LogP contribution in [0.5, 0.6) is 0 Å². The highest BCUT2D eigenvalue weighted by Gasteiger charge is 2.17. The van der Waals surface area contributed by atoms with Crippen molar-refractivity contribution in [1.82, 2.24) is 15.5 Å². The van der Waals surface area contributed by atoms with Crippen molar-refractivity contribution in [2.24, 2.45) is 0 Å². The van der Waals surface area contributed by atoms with E-state index in [0.29, 0.717) is 21.9 Å². The van der Waals surface area contributed by atoms with Gasteiger partial charge in [0.05, 0.1) is 18.4 Å². The van der Waals surface area contributed by atoms with Crippen LogP contribution < -0.4 is 11.1 Å². The number of fused-ring (bicyclic) bond motifs is 1. The predicted molar refractivity (Wildman–Crippen MR) is 85.0 cm³/mol. The SMILES string of the molecule is Nc1c(C(=O)NCc2cc(Br)cs2)sc2nnccc12. The van der Waals surface area contributed by atoms with Crippen LogP contribution in [0.15, 0.2) is 28.2 Å². The van der Waals surface area contributed by atoms with E-state index < -0.39 is 0 Å². The molecule has 1 amide bonds. The first-order chi connectivity index (χ1) is 9.65. The third-order valence-electron chi connectivity index (χ3n) is 2.67. The highest BCUT2D eigenvalue weighted by molar-refractivity contribution is 9.10. The maximum Gasteiger partial charge on any atom is 0.263 e. The number of nitrogens with one attached hydrogen (secondary N) is 1. The molecule has 3 N–H and O–H groups in total. The van der Waals surface area contributed by atoms with Gasteiger partial charge in [0, 0.05) is 20.1 Å². The number of rotatable bonds is 3. The van der Waals surface area contributed by atoms with Gasteiger partial charge in [-0.05, 0) is 28.1 Å². The van der Waals surface area contributed by atoms with E-state index in [4.69, 9.17) is 5.73 Å². The van der Waals surface area contributed by atoms with Crippen molar-refractivity contribution in [2.45, 2.75) is 6.54 Å². The number of halogens is 1. The number of carbonyl (C=O) groups is 1. The molecular weight excluding hydrogens is 360 g/mol. The highest BCUT2D eigenvalue weighted by atomic mass is 79.9. The summed E-state index contributed by atoms with van der Waals surface area (Å²) >= 11 is 6.22. The molecule has 0 aliphatic rings. The van der Waals surface area contributed by atoms with E-state index in [9.17, 15) is 4.79 Å². The Morgan fingerprint density at radius 1 is 1.50 bits per heavy atom. The van der Waals surface area contributed by atoms with E-state index in [0.717, 1.165) is 14.7 Å². The van der Waals surface area contributed by atoms with Crippen molar-refractivity contribution in [3.63, 3.8) is 0 Å². The van der Waals surface area contributed by atoms with Gasteiger partial charge in [0.15, 0.2) is 0 Å². The van der Waals surface area contributed by atoms with Crippen molar-refractivity contribution in [3.8, 4) is 0 Å². The fourth-order valence-electron chi connectivity index (χ4n) is 1.74. The van der Waals surface area contributed by atoms with Crippen LogP contribution in [-0.2, 0) is 6.54 Å². The summed E-state index contributed by atoms with van der Waals surface area (Å²) in [5, 5.41) is 13.4. The average molecular weight is 369 g/mol. The Morgan fingerprint density at radius 3 is 3.05 bits per heavy atom. The number of nitrogens with zero attached hydrogens (tertiary/aromatic N) is 2. The van der Waals surface area contributed by atoms with Crippen molar-refractivity contribution < 1.29 is 4.79 Å². The molecule has 0 bridgehead atoms. The van der Waals surface area contributed by atoms with Gasteiger partial charge < -0.3 is 11.1 Å². The van der Waals surface area contributed by atoms with E-state index in [1.54, 1.807) is 23.6 Å². The first kappa shape index (κ1) is 13.5. The zero-order chi connectivity index (χ0) is 14.1. The molecule has 0 aliphatic heterocycles. The second-order valence-electron chi connectivity index (χ2n) is 4.01. The second-order valence-corrected chi connectivity index (χ2v) is 6.92. The van der Waals surface area contributed by atoms with Crippen molar-refractivity contribution in [1.29, 1.82) is 0 Å². The number of amides is 1. The molecule has 3 aromatic heterocycles. The maximum absolute atomic E-state index is 12.2. The number of nitrogen functional groups attached to an aromatic ring is 1. The molecule has 0 atom stereocenters. The van der Waals surface area contributed by atoms with Gasteiger partial charge in [0.25, 0.3) is 5.91 Å². The lowest BCUT2D eigenvalue weighted by atomic mass is 10.3. The van der Waals surface area contributed by atoms with Crippen molar-refractivity contribution >= 4 is 60.4 Å². The van der Waals surface area contributed by atoms with Crippen LogP contribution in [0, 0.1) is 0 Å². The number of carbonyl (C=O) groups excluding carboxylic acids is 1. The Labute approximate surface area is 131 Å². The Kier molecular flexibility index (Phi) is 3.68. The molecule has 0 saturated carbocycles. The van der Waals surface area contributed by atoms with Crippen LogP contribution in [0.4, 0.5) is 5.69 Å². The summed E-state index contributed by atoms with van der Waals surface area (Å²) < 4.78 is 1.02. The molecule has 20 heavy (non-hydrogen) atoms. The Hall–Kier alpha value is -1.51. The smallest absolute Gasteiger partial charge is 0.263 e. The highest BCUT2D eigenvalue weighted by Crippen LogP contribution is 2.31. The number of nitrogens with two attached hydrogens (primary N) is 1. The van der Waals surface area contributed by atoms with Gasteiger partial charge in [-0.1, -0.05) is 0 Å². The fourth-order valence-corrected chi connectivity index (χ4v) is 4.08. The van der Waals surface area contributed by atoms with Crippen molar-refractivity contribution in [2.75, 3.05) is 5.73 Å². The first-order valence-corrected chi connectivity index (χ1v) is 8.15. The molecule has 3 heterocycles. The van der Waals surface area contributed by atoms with Crippen LogP contribution in [0.1, 0.15) is 14.5 Å². The van der Waals surface area contributed by atoms with Crippen molar-refractivity contribution in [3.05, 3.63) is 37.9 Å². The molecule has 3 aromatic rings. The largest absolute Gasteiger partial charge is 0.397 e. The summed E-state index contributed by atoms with van der Waals surface area (Å²) in [6, 6.07) is 3.74. The lowest BCUT2D eigenvalue weighted by Gasteiger charge is -2.02. The fraction of sp³-hybridized carbons (Fsp3) is 0.0833. The average Bonchev–Trinajstić information content (AvgIpc) is 3.01. The summed E-state index contributed by atoms with van der Waals surface area (Å²) in [4.78, 5) is 14.4. The Balaban J connectivity index is 1.80. The quantitative estimate of drug-likeness (QED) is 0.744. The van der Waals surface area contributed by atoms with Gasteiger partial charge in [0.2, 0.25) is 0 Å². The van der Waals surface area contributed by atoms with E-state index in [2.05, 4.69) is 31.4 Å². The third kappa shape index (κ3) is 2.54. The molecule has 0 spiro atoms. The van der Waals surface area contributed by atoms with E-state index in [1.807, 2.05) is 11.4 Å². The lowest BCUT2D eigenvalue weighted by molar-refractivity contribution is 0.0956. The minimum Gasteiger partial charge on any atom is -0.397 e. The Morgan fingerprint density at radius 2 is 2.35 bits per heavy atom.